The van der Waals surface area contributed by atoms with Gasteiger partial charge in [-0.1, -0.05) is 55.1 Å². The highest BCUT2D eigenvalue weighted by molar-refractivity contribution is 6.30. The molecule has 2 N–H and O–H groups in total. The standard InChI is InChI=1S/C32H36ClN3O3/c33-26-13-8-24(9-14-26)22-39-29-7-4-18-36(21-29)28-15-10-23(11-16-28)20-34-31-19-25(32(37)38)12-17-30(31)35-27-5-2-1-3-6-27/h8-17,19-20,27,29,35H,1-7,18,21-22H2,(H,37,38). The maximum absolute atomic E-state index is 11.6. The van der Waals surface area contributed by atoms with Gasteiger partial charge < -0.3 is 20.1 Å². The first-order chi connectivity index (χ1) is 19.0. The van der Waals surface area contributed by atoms with Crippen LogP contribution in [0.25, 0.3) is 0 Å². The van der Waals surface area contributed by atoms with E-state index >= 15 is 0 Å². The highest BCUT2D eigenvalue weighted by atomic mass is 35.5. The predicted molar refractivity (Wildman–Crippen MR) is 159 cm³/mol. The van der Waals surface area contributed by atoms with Crippen molar-refractivity contribution in [1.82, 2.24) is 0 Å². The van der Waals surface area contributed by atoms with E-state index in [-0.39, 0.29) is 11.7 Å². The van der Waals surface area contributed by atoms with Crippen molar-refractivity contribution in [1.29, 1.82) is 0 Å². The van der Waals surface area contributed by atoms with Crippen molar-refractivity contribution in [3.8, 4) is 0 Å². The lowest BCUT2D eigenvalue weighted by Gasteiger charge is -2.34. The molecule has 3 aromatic rings. The van der Waals surface area contributed by atoms with Gasteiger partial charge in [0.05, 0.1) is 29.6 Å². The second-order valence-corrected chi connectivity index (χ2v) is 11.0. The normalized spacial score (nSPS) is 18.4. The number of anilines is 2. The molecule has 1 unspecified atom stereocenters. The average Bonchev–Trinajstić information content (AvgIpc) is 2.97. The average molecular weight is 546 g/mol. The van der Waals surface area contributed by atoms with Gasteiger partial charge in [-0.3, -0.25) is 4.99 Å². The Morgan fingerprint density at radius 2 is 1.77 bits per heavy atom. The Balaban J connectivity index is 1.22. The summed E-state index contributed by atoms with van der Waals surface area (Å²) in [5, 5.41) is 13.8. The number of hydrogen-bond acceptors (Lipinski definition) is 5. The van der Waals surface area contributed by atoms with Crippen LogP contribution in [0.2, 0.25) is 5.02 Å². The van der Waals surface area contributed by atoms with Gasteiger partial charge in [-0.15, -0.1) is 0 Å². The van der Waals surface area contributed by atoms with Crippen LogP contribution in [0.15, 0.2) is 71.7 Å². The SMILES string of the molecule is O=C(O)c1ccc(NC2CCCCC2)c(N=Cc2ccc(N3CCCC(OCc4ccc(Cl)cc4)C3)cc2)c1. The van der Waals surface area contributed by atoms with Gasteiger partial charge in [-0.05, 0) is 79.3 Å². The minimum absolute atomic E-state index is 0.187. The van der Waals surface area contributed by atoms with E-state index in [9.17, 15) is 9.90 Å². The van der Waals surface area contributed by atoms with E-state index in [4.69, 9.17) is 21.3 Å². The van der Waals surface area contributed by atoms with E-state index in [0.29, 0.717) is 18.3 Å². The zero-order chi connectivity index (χ0) is 27.0. The lowest BCUT2D eigenvalue weighted by atomic mass is 9.95. The highest BCUT2D eigenvalue weighted by Crippen LogP contribution is 2.30. The summed E-state index contributed by atoms with van der Waals surface area (Å²) in [6.07, 6.45) is 10.1. The summed E-state index contributed by atoms with van der Waals surface area (Å²) in [4.78, 5) is 18.7. The number of aromatic carboxylic acids is 1. The monoisotopic (exact) mass is 545 g/mol. The van der Waals surface area contributed by atoms with Crippen molar-refractivity contribution in [2.24, 2.45) is 4.99 Å². The fraction of sp³-hybridized carbons (Fsp3) is 0.375. The first-order valence-corrected chi connectivity index (χ1v) is 14.3. The maximum atomic E-state index is 11.6. The largest absolute Gasteiger partial charge is 0.478 e. The fourth-order valence-electron chi connectivity index (χ4n) is 5.38. The fourth-order valence-corrected chi connectivity index (χ4v) is 5.51. The molecule has 7 heteroatoms. The maximum Gasteiger partial charge on any atom is 0.335 e. The van der Waals surface area contributed by atoms with E-state index in [1.807, 2.05) is 36.5 Å². The summed E-state index contributed by atoms with van der Waals surface area (Å²) in [7, 11) is 0. The number of hydrogen-bond donors (Lipinski definition) is 2. The zero-order valence-corrected chi connectivity index (χ0v) is 22.9. The number of carbonyl (C=O) groups is 1. The lowest BCUT2D eigenvalue weighted by Crippen LogP contribution is -2.39. The Labute approximate surface area is 235 Å². The van der Waals surface area contributed by atoms with Crippen LogP contribution in [0, 0.1) is 0 Å². The van der Waals surface area contributed by atoms with Crippen LogP contribution >= 0.6 is 11.6 Å². The molecule has 1 aliphatic heterocycles. The number of benzene rings is 3. The van der Waals surface area contributed by atoms with Crippen LogP contribution in [-0.4, -0.2) is 42.5 Å². The van der Waals surface area contributed by atoms with Crippen molar-refractivity contribution in [2.45, 2.75) is 63.7 Å². The molecule has 3 aromatic carbocycles. The first kappa shape index (κ1) is 27.2. The van der Waals surface area contributed by atoms with Crippen LogP contribution < -0.4 is 10.2 Å². The molecular weight excluding hydrogens is 510 g/mol. The number of rotatable bonds is 9. The molecule has 6 nitrogen and oxygen atoms in total. The van der Waals surface area contributed by atoms with Gasteiger partial charge in [-0.2, -0.15) is 0 Å². The van der Waals surface area contributed by atoms with E-state index in [1.165, 1.54) is 24.9 Å². The first-order valence-electron chi connectivity index (χ1n) is 13.9. The molecule has 0 aromatic heterocycles. The third kappa shape index (κ3) is 7.61. The molecule has 0 amide bonds. The van der Waals surface area contributed by atoms with E-state index in [2.05, 4.69) is 34.5 Å². The smallest absolute Gasteiger partial charge is 0.335 e. The number of piperidine rings is 1. The van der Waals surface area contributed by atoms with Gasteiger partial charge in [0.15, 0.2) is 0 Å². The quantitative estimate of drug-likeness (QED) is 0.269. The Morgan fingerprint density at radius 3 is 2.51 bits per heavy atom. The molecule has 2 fully saturated rings. The number of nitrogens with one attached hydrogen (secondary N) is 1. The number of carboxylic acids is 1. The van der Waals surface area contributed by atoms with Crippen LogP contribution in [0.5, 0.6) is 0 Å². The van der Waals surface area contributed by atoms with Crippen molar-refractivity contribution in [2.75, 3.05) is 23.3 Å². The molecule has 1 atom stereocenters. The van der Waals surface area contributed by atoms with Gasteiger partial charge in [0.2, 0.25) is 0 Å². The molecule has 0 spiro atoms. The molecule has 0 radical (unpaired) electrons. The molecule has 1 aliphatic carbocycles. The van der Waals surface area contributed by atoms with E-state index < -0.39 is 5.97 Å². The van der Waals surface area contributed by atoms with Crippen LogP contribution in [0.3, 0.4) is 0 Å². The summed E-state index contributed by atoms with van der Waals surface area (Å²) < 4.78 is 6.21. The number of aliphatic imine (C=N–C) groups is 1. The number of ether oxygens (including phenoxy) is 1. The highest BCUT2D eigenvalue weighted by Gasteiger charge is 2.21. The predicted octanol–water partition coefficient (Wildman–Crippen LogP) is 7.72. The molecule has 5 rings (SSSR count). The molecule has 2 aliphatic rings. The molecule has 0 bridgehead atoms. The molecular formula is C32H36ClN3O3. The number of carboxylic acid groups (broad SMARTS) is 1. The minimum Gasteiger partial charge on any atom is -0.478 e. The Bertz CT molecular complexity index is 1270. The topological polar surface area (TPSA) is 74.2 Å². The van der Waals surface area contributed by atoms with E-state index in [0.717, 1.165) is 60.6 Å². The van der Waals surface area contributed by atoms with Gasteiger partial charge in [-0.25, -0.2) is 4.79 Å². The second-order valence-electron chi connectivity index (χ2n) is 10.5. The third-order valence-electron chi connectivity index (χ3n) is 7.60. The van der Waals surface area contributed by atoms with Crippen LogP contribution in [-0.2, 0) is 11.3 Å². The van der Waals surface area contributed by atoms with Crippen LogP contribution in [0.1, 0.15) is 66.4 Å². The van der Waals surface area contributed by atoms with Crippen molar-refractivity contribution < 1.29 is 14.6 Å². The Morgan fingerprint density at radius 1 is 1.00 bits per heavy atom. The number of nitrogens with zero attached hydrogens (tertiary/aromatic N) is 2. The van der Waals surface area contributed by atoms with Crippen molar-refractivity contribution >= 4 is 40.8 Å². The summed E-state index contributed by atoms with van der Waals surface area (Å²) in [6.45, 7) is 2.46. The summed E-state index contributed by atoms with van der Waals surface area (Å²) in [5.41, 5.74) is 5.05. The minimum atomic E-state index is -0.947. The molecule has 1 saturated carbocycles. The molecule has 39 heavy (non-hydrogen) atoms. The van der Waals surface area contributed by atoms with Gasteiger partial charge >= 0.3 is 5.97 Å². The Kier molecular flexibility index (Phi) is 9.17. The summed E-state index contributed by atoms with van der Waals surface area (Å²) >= 11 is 5.99. The molecule has 1 heterocycles. The lowest BCUT2D eigenvalue weighted by molar-refractivity contribution is 0.0316. The van der Waals surface area contributed by atoms with Crippen molar-refractivity contribution in [3.05, 3.63) is 88.4 Å². The van der Waals surface area contributed by atoms with Crippen LogP contribution in [0.4, 0.5) is 17.1 Å². The summed E-state index contributed by atoms with van der Waals surface area (Å²) in [5.74, 6) is -0.947. The zero-order valence-electron chi connectivity index (χ0n) is 22.2. The Hall–Kier alpha value is -3.35. The summed E-state index contributed by atoms with van der Waals surface area (Å²) in [6, 6.07) is 21.7. The molecule has 1 saturated heterocycles. The van der Waals surface area contributed by atoms with Gasteiger partial charge in [0.1, 0.15) is 0 Å². The van der Waals surface area contributed by atoms with Crippen molar-refractivity contribution in [3.63, 3.8) is 0 Å². The number of halogens is 1. The van der Waals surface area contributed by atoms with Gasteiger partial charge in [0.25, 0.3) is 0 Å². The third-order valence-corrected chi connectivity index (χ3v) is 7.85. The van der Waals surface area contributed by atoms with Gasteiger partial charge in [0, 0.05) is 36.1 Å². The van der Waals surface area contributed by atoms with E-state index in [1.54, 1.807) is 12.1 Å². The molecule has 204 valence electrons. The second kappa shape index (κ2) is 13.1.